The molecular weight excluding hydrogens is 694 g/mol. The van der Waals surface area contributed by atoms with Crippen LogP contribution in [0.4, 0.5) is 0 Å². The summed E-state index contributed by atoms with van der Waals surface area (Å²) in [5.41, 5.74) is 0. The molecule has 0 saturated carbocycles. The number of hydrogen-bond donors (Lipinski definition) is 0. The smallest absolute Gasteiger partial charge is 0.343 e. The minimum Gasteiger partial charge on any atom is -1.00 e. The zero-order chi connectivity index (χ0) is 35.5. The lowest BCUT2D eigenvalue weighted by atomic mass is 10.5. The van der Waals surface area contributed by atoms with Crippen molar-refractivity contribution in [1.82, 2.24) is 9.97 Å². The number of hydrogen-bond acceptors (Lipinski definition) is 2. The average Bonchev–Trinajstić information content (AvgIpc) is 3.20. The van der Waals surface area contributed by atoms with Gasteiger partial charge in [0.1, 0.15) is 20.6 Å². The summed E-state index contributed by atoms with van der Waals surface area (Å²) in [6.45, 7) is 8.04. The number of nitrogens with zero attached hydrogens (tertiary/aromatic N) is 7. The average molecular weight is 753 g/mol. The van der Waals surface area contributed by atoms with Gasteiger partial charge in [0.15, 0.2) is 62.0 Å². The molecule has 0 spiro atoms. The molecule has 0 aliphatic rings. The van der Waals surface area contributed by atoms with Gasteiger partial charge in [-0.3, -0.25) is 9.97 Å². The van der Waals surface area contributed by atoms with E-state index in [0.29, 0.717) is 0 Å². The highest BCUT2D eigenvalue weighted by molar-refractivity contribution is 4.89. The zero-order valence-electron chi connectivity index (χ0n) is 30.1. The van der Waals surface area contributed by atoms with Gasteiger partial charge in [0.25, 0.3) is 0 Å². The lowest BCUT2D eigenvalue weighted by Gasteiger charge is -1.91. The lowest BCUT2D eigenvalue weighted by Crippen LogP contribution is -3.00. The van der Waals surface area contributed by atoms with Crippen molar-refractivity contribution in [2.45, 2.75) is 41.4 Å². The molecule has 0 radical (unpaired) electrons. The molecule has 0 aliphatic heterocycles. The minimum absolute atomic E-state index is 0. The van der Waals surface area contributed by atoms with E-state index >= 15 is 0 Å². The minimum atomic E-state index is 0. The second-order valence-corrected chi connectivity index (χ2v) is 9.76. The molecule has 0 aromatic carbocycles. The summed E-state index contributed by atoms with van der Waals surface area (Å²) < 4.78 is 10.4. The molecule has 0 unspecified atom stereocenters. The van der Waals surface area contributed by atoms with Gasteiger partial charge < -0.3 is 17.0 Å². The normalized spacial score (nSPS) is 8.33. The van der Waals surface area contributed by atoms with Crippen LogP contribution in [0.15, 0.2) is 214 Å². The van der Waals surface area contributed by atoms with Gasteiger partial charge in [-0.25, -0.2) is 13.7 Å². The zero-order valence-corrected chi connectivity index (χ0v) is 31.7. The third-order valence-corrected chi connectivity index (χ3v) is 5.89. The summed E-state index contributed by atoms with van der Waals surface area (Å²) in [7, 11) is 4.00. The van der Waals surface area contributed by atoms with Gasteiger partial charge in [-0.2, -0.15) is 0 Å². The molecular formula is C43H58BrN7+4. The van der Waals surface area contributed by atoms with Crippen LogP contribution in [0.2, 0.25) is 0 Å². The van der Waals surface area contributed by atoms with Gasteiger partial charge in [-0.05, 0) is 31.2 Å². The molecule has 0 amide bonds. The molecule has 0 bridgehead atoms. The molecule has 7 aromatic heterocycles. The SMILES string of the molecule is C.CC.CC[n+]1ccccc1.C[n+]1ccccc1.C[n+]1ccccc1.[Br-].c1cc[n+](C[n+]2ccccc2)cc1.c1ccncc1.c1ccncc1. The molecule has 268 valence electrons. The Balaban J connectivity index is 0. The van der Waals surface area contributed by atoms with Gasteiger partial charge in [-0.15, -0.1) is 9.13 Å². The Bertz CT molecular complexity index is 1460. The Morgan fingerprint density at radius 3 is 0.745 bits per heavy atom. The van der Waals surface area contributed by atoms with Gasteiger partial charge in [0, 0.05) is 85.5 Å². The largest absolute Gasteiger partial charge is 1.00 e. The van der Waals surface area contributed by atoms with E-state index in [1.165, 1.54) is 0 Å². The summed E-state index contributed by atoms with van der Waals surface area (Å²) >= 11 is 0. The summed E-state index contributed by atoms with van der Waals surface area (Å²) in [6.07, 6.45) is 27.3. The van der Waals surface area contributed by atoms with E-state index in [9.17, 15) is 0 Å². The molecule has 0 saturated heterocycles. The highest BCUT2D eigenvalue weighted by Crippen LogP contribution is 1.79. The van der Waals surface area contributed by atoms with E-state index in [2.05, 4.69) is 67.8 Å². The molecule has 0 atom stereocenters. The summed E-state index contributed by atoms with van der Waals surface area (Å²) in [4.78, 5) is 7.57. The second-order valence-electron chi connectivity index (χ2n) is 9.76. The Morgan fingerprint density at radius 2 is 0.588 bits per heavy atom. The van der Waals surface area contributed by atoms with Crippen LogP contribution in [-0.4, -0.2) is 9.97 Å². The van der Waals surface area contributed by atoms with Crippen molar-refractivity contribution in [2.24, 2.45) is 14.1 Å². The topological polar surface area (TPSA) is 45.2 Å². The van der Waals surface area contributed by atoms with Crippen LogP contribution in [0.25, 0.3) is 0 Å². The van der Waals surface area contributed by atoms with Gasteiger partial charge in [-0.1, -0.05) is 63.7 Å². The monoisotopic (exact) mass is 751 g/mol. The molecule has 0 aliphatic carbocycles. The maximum Gasteiger partial charge on any atom is 0.343 e. The number of pyridine rings is 7. The van der Waals surface area contributed by atoms with Crippen molar-refractivity contribution < 1.29 is 39.8 Å². The van der Waals surface area contributed by atoms with E-state index in [-0.39, 0.29) is 24.4 Å². The van der Waals surface area contributed by atoms with Gasteiger partial charge >= 0.3 is 6.67 Å². The Morgan fingerprint density at radius 1 is 0.353 bits per heavy atom. The number of halogens is 1. The predicted molar refractivity (Wildman–Crippen MR) is 203 cm³/mol. The molecule has 7 rings (SSSR count). The molecule has 8 heteroatoms. The molecule has 7 aromatic rings. The fourth-order valence-corrected chi connectivity index (χ4v) is 3.49. The Kier molecular flexibility index (Phi) is 33.5. The Labute approximate surface area is 318 Å². The van der Waals surface area contributed by atoms with E-state index in [4.69, 9.17) is 0 Å². The molecule has 51 heavy (non-hydrogen) atoms. The van der Waals surface area contributed by atoms with E-state index < -0.39 is 0 Å². The number of aryl methyl sites for hydroxylation is 3. The van der Waals surface area contributed by atoms with Crippen molar-refractivity contribution in [3.8, 4) is 0 Å². The molecule has 7 nitrogen and oxygen atoms in total. The first kappa shape index (κ1) is 47.6. The fourth-order valence-electron chi connectivity index (χ4n) is 3.49. The van der Waals surface area contributed by atoms with Gasteiger partial charge in [0.2, 0.25) is 0 Å². The Hall–Kier alpha value is -5.47. The van der Waals surface area contributed by atoms with Crippen molar-refractivity contribution in [1.29, 1.82) is 0 Å². The quantitative estimate of drug-likeness (QED) is 0.259. The van der Waals surface area contributed by atoms with Crippen LogP contribution < -0.4 is 39.8 Å². The van der Waals surface area contributed by atoms with E-state index in [1.807, 2.05) is 189 Å². The lowest BCUT2D eigenvalue weighted by molar-refractivity contribution is -0.913. The van der Waals surface area contributed by atoms with Gasteiger partial charge in [0.05, 0.1) is 0 Å². The third-order valence-electron chi connectivity index (χ3n) is 5.89. The van der Waals surface area contributed by atoms with Crippen LogP contribution in [-0.2, 0) is 27.3 Å². The summed E-state index contributed by atoms with van der Waals surface area (Å²) in [5.74, 6) is 0. The molecule has 7 heterocycles. The van der Waals surface area contributed by atoms with E-state index in [1.54, 1.807) is 24.8 Å². The predicted octanol–water partition coefficient (Wildman–Crippen LogP) is 3.61. The van der Waals surface area contributed by atoms with E-state index in [0.717, 1.165) is 13.2 Å². The molecule has 0 fully saturated rings. The van der Waals surface area contributed by atoms with Crippen molar-refractivity contribution >= 4 is 0 Å². The maximum atomic E-state index is 3.78. The number of rotatable bonds is 3. The first-order valence-electron chi connectivity index (χ1n) is 16.5. The van der Waals surface area contributed by atoms with Crippen LogP contribution in [0, 0.1) is 0 Å². The standard InChI is InChI=1S/C11H12N2.C7H10N.2C6H8N.2C5H5N.C2H6.CH4.BrH/c1-3-7-12(8-4-1)11-13-9-5-2-6-10-13;1-2-8-6-4-3-5-7-8;2*1-7-5-3-2-4-6-7;2*1-2-4-6-5-3-1;1-2;;/h1-10H,11H2;3-7H,2H2,1H3;2*2-6H,1H3;2*1-5H;1-2H3;1H4;1H/q+2;3*+1;;;;;/p-1. The van der Waals surface area contributed by atoms with Crippen LogP contribution in [0.1, 0.15) is 28.2 Å². The van der Waals surface area contributed by atoms with Crippen LogP contribution in [0.5, 0.6) is 0 Å². The second kappa shape index (κ2) is 35.8. The highest BCUT2D eigenvalue weighted by atomic mass is 79.9. The van der Waals surface area contributed by atoms with Crippen molar-refractivity contribution in [3.05, 3.63) is 214 Å². The first-order valence-corrected chi connectivity index (χ1v) is 16.5. The first-order chi connectivity index (χ1) is 24.2. The van der Waals surface area contributed by atoms with Crippen molar-refractivity contribution in [3.63, 3.8) is 0 Å². The fraction of sp³-hybridized carbons (Fsp3) is 0.186. The van der Waals surface area contributed by atoms with Crippen molar-refractivity contribution in [2.75, 3.05) is 0 Å². The molecule has 0 N–H and O–H groups in total. The highest BCUT2D eigenvalue weighted by Gasteiger charge is 2.03. The summed E-state index contributed by atoms with van der Waals surface area (Å²) in [5, 5.41) is 0. The maximum absolute atomic E-state index is 3.78. The van der Waals surface area contributed by atoms with Crippen LogP contribution >= 0.6 is 0 Å². The third kappa shape index (κ3) is 29.2. The summed E-state index contributed by atoms with van der Waals surface area (Å²) in [6, 6.07) is 41.7. The van der Waals surface area contributed by atoms with Crippen LogP contribution in [0.3, 0.4) is 0 Å². The number of aromatic nitrogens is 7.